The molecule has 0 radical (unpaired) electrons. The lowest BCUT2D eigenvalue weighted by molar-refractivity contribution is -0.116. The van der Waals surface area contributed by atoms with Crippen molar-refractivity contribution in [2.75, 3.05) is 11.9 Å². The van der Waals surface area contributed by atoms with E-state index in [2.05, 4.69) is 31.2 Å². The van der Waals surface area contributed by atoms with Crippen molar-refractivity contribution in [3.63, 3.8) is 0 Å². The van der Waals surface area contributed by atoms with Crippen molar-refractivity contribution in [1.29, 1.82) is 0 Å². The van der Waals surface area contributed by atoms with Crippen LogP contribution in [0.15, 0.2) is 67.0 Å². The summed E-state index contributed by atoms with van der Waals surface area (Å²) >= 11 is 5.66. The largest absolute Gasteiger partial charge is 0.353 e. The quantitative estimate of drug-likeness (QED) is 0.596. The molecule has 2 aromatic heterocycles. The normalized spacial score (nSPS) is 18.3. The summed E-state index contributed by atoms with van der Waals surface area (Å²) in [5.41, 5.74) is 3.97. The summed E-state index contributed by atoms with van der Waals surface area (Å²) in [6.45, 7) is 2.52. The number of pyridine rings is 1. The molecule has 6 nitrogen and oxygen atoms in total. The maximum atomic E-state index is 12.6. The van der Waals surface area contributed by atoms with Crippen molar-refractivity contribution in [3.05, 3.63) is 83.9 Å². The molecule has 0 aliphatic carbocycles. The maximum absolute atomic E-state index is 12.6. The first-order valence-corrected chi connectivity index (χ1v) is 10.4. The van der Waals surface area contributed by atoms with Crippen LogP contribution in [-0.2, 0) is 11.8 Å². The van der Waals surface area contributed by atoms with Crippen molar-refractivity contribution < 1.29 is 4.79 Å². The Labute approximate surface area is 181 Å². The molecule has 0 saturated carbocycles. The second-order valence-corrected chi connectivity index (χ2v) is 7.92. The van der Waals surface area contributed by atoms with Gasteiger partial charge in [0.25, 0.3) is 0 Å². The molecular formula is C23H25N5OS. The molecule has 3 aromatic rings. The van der Waals surface area contributed by atoms with E-state index >= 15 is 0 Å². The van der Waals surface area contributed by atoms with E-state index in [0.717, 1.165) is 22.6 Å². The van der Waals surface area contributed by atoms with Gasteiger partial charge in [-0.15, -0.1) is 0 Å². The topological polar surface area (TPSA) is 62.2 Å². The van der Waals surface area contributed by atoms with E-state index < -0.39 is 0 Å². The summed E-state index contributed by atoms with van der Waals surface area (Å²) in [5, 5.41) is 7.03. The van der Waals surface area contributed by atoms with Crippen LogP contribution >= 0.6 is 12.2 Å². The lowest BCUT2D eigenvalue weighted by Gasteiger charge is -2.28. The molecule has 2 atom stereocenters. The summed E-state index contributed by atoms with van der Waals surface area (Å²) in [7, 11) is 2.02. The Bertz CT molecular complexity index is 1050. The number of benzene rings is 1. The van der Waals surface area contributed by atoms with Crippen molar-refractivity contribution in [3.8, 4) is 0 Å². The molecule has 1 aliphatic heterocycles. The van der Waals surface area contributed by atoms with Crippen LogP contribution in [0.1, 0.15) is 35.5 Å². The van der Waals surface area contributed by atoms with Crippen LogP contribution in [0, 0.1) is 6.92 Å². The molecule has 1 fully saturated rings. The fourth-order valence-corrected chi connectivity index (χ4v) is 4.25. The Morgan fingerprint density at radius 1 is 1.20 bits per heavy atom. The van der Waals surface area contributed by atoms with Crippen LogP contribution < -0.4 is 10.6 Å². The average molecular weight is 420 g/mol. The predicted octanol–water partition coefficient (Wildman–Crippen LogP) is 3.73. The number of anilines is 1. The molecule has 1 amide bonds. The van der Waals surface area contributed by atoms with E-state index in [1.165, 1.54) is 0 Å². The standard InChI is InChI=1S/C23H25N5OS/c1-16-7-5-8-17(15-16)25-20(29)11-14-28-22(19-10-6-13-27(19)2)21(26-23(28)30)18-9-3-4-12-24-18/h3-10,12-13,15,21-22H,11,14H2,1-2H3,(H,25,29)(H,26,30). The van der Waals surface area contributed by atoms with Crippen LogP contribution in [0.4, 0.5) is 5.69 Å². The fraction of sp³-hybridized carbons (Fsp3) is 0.261. The molecule has 0 bridgehead atoms. The molecule has 1 aromatic carbocycles. The summed E-state index contributed by atoms with van der Waals surface area (Å²) in [6.07, 6.45) is 4.15. The van der Waals surface area contributed by atoms with E-state index in [4.69, 9.17) is 12.2 Å². The van der Waals surface area contributed by atoms with Crippen molar-refractivity contribution in [1.82, 2.24) is 19.8 Å². The number of thiocarbonyl (C=S) groups is 1. The number of nitrogens with one attached hydrogen (secondary N) is 2. The fourth-order valence-electron chi connectivity index (χ4n) is 3.92. The van der Waals surface area contributed by atoms with Gasteiger partial charge in [0.2, 0.25) is 5.91 Å². The highest BCUT2D eigenvalue weighted by molar-refractivity contribution is 7.80. The summed E-state index contributed by atoms with van der Waals surface area (Å²) in [6, 6.07) is 17.7. The van der Waals surface area contributed by atoms with Gasteiger partial charge in [-0.2, -0.15) is 0 Å². The minimum Gasteiger partial charge on any atom is -0.353 e. The Hall–Kier alpha value is -3.19. The number of carbonyl (C=O) groups is 1. The molecule has 1 aliphatic rings. The number of hydrogen-bond acceptors (Lipinski definition) is 3. The van der Waals surface area contributed by atoms with Gasteiger partial charge in [0.15, 0.2) is 5.11 Å². The number of carbonyl (C=O) groups excluding carboxylic acids is 1. The minimum absolute atomic E-state index is 0.0321. The number of aromatic nitrogens is 2. The highest BCUT2D eigenvalue weighted by Crippen LogP contribution is 2.38. The van der Waals surface area contributed by atoms with Crippen molar-refractivity contribution in [2.45, 2.75) is 25.4 Å². The highest BCUT2D eigenvalue weighted by atomic mass is 32.1. The van der Waals surface area contributed by atoms with E-state index in [1.54, 1.807) is 6.20 Å². The molecule has 154 valence electrons. The Balaban J connectivity index is 1.52. The zero-order chi connectivity index (χ0) is 21.1. The van der Waals surface area contributed by atoms with Gasteiger partial charge in [0, 0.05) is 43.8 Å². The molecule has 2 unspecified atom stereocenters. The molecule has 7 heteroatoms. The van der Waals surface area contributed by atoms with Gasteiger partial charge < -0.3 is 20.1 Å². The first-order valence-electron chi connectivity index (χ1n) is 9.99. The van der Waals surface area contributed by atoms with E-state index in [1.807, 2.05) is 68.7 Å². The van der Waals surface area contributed by atoms with Crippen LogP contribution in [0.25, 0.3) is 0 Å². The molecule has 3 heterocycles. The summed E-state index contributed by atoms with van der Waals surface area (Å²) < 4.78 is 2.09. The first-order chi connectivity index (χ1) is 14.5. The molecule has 4 rings (SSSR count). The van der Waals surface area contributed by atoms with Crippen molar-refractivity contribution >= 4 is 28.9 Å². The lowest BCUT2D eigenvalue weighted by atomic mass is 10.0. The number of aryl methyl sites for hydroxylation is 2. The molecule has 2 N–H and O–H groups in total. The predicted molar refractivity (Wildman–Crippen MR) is 122 cm³/mol. The van der Waals surface area contributed by atoms with Gasteiger partial charge in [-0.1, -0.05) is 18.2 Å². The smallest absolute Gasteiger partial charge is 0.226 e. The second-order valence-electron chi connectivity index (χ2n) is 7.53. The number of rotatable bonds is 6. The number of hydrogen-bond donors (Lipinski definition) is 2. The van der Waals surface area contributed by atoms with Crippen LogP contribution in [-0.4, -0.2) is 32.0 Å². The third-order valence-corrected chi connectivity index (χ3v) is 5.72. The SMILES string of the molecule is Cc1cccc(NC(=O)CCN2C(=S)NC(c3ccccn3)C2c2cccn2C)c1. The maximum Gasteiger partial charge on any atom is 0.226 e. The van der Waals surface area contributed by atoms with Gasteiger partial charge in [-0.3, -0.25) is 9.78 Å². The molecular weight excluding hydrogens is 394 g/mol. The summed E-state index contributed by atoms with van der Waals surface area (Å²) in [4.78, 5) is 19.2. The Morgan fingerprint density at radius 2 is 2.07 bits per heavy atom. The minimum atomic E-state index is -0.0767. The Morgan fingerprint density at radius 3 is 2.77 bits per heavy atom. The van der Waals surface area contributed by atoms with Crippen molar-refractivity contribution in [2.24, 2.45) is 7.05 Å². The van der Waals surface area contributed by atoms with Gasteiger partial charge in [0.05, 0.1) is 17.8 Å². The van der Waals surface area contributed by atoms with E-state index in [9.17, 15) is 4.79 Å². The molecule has 30 heavy (non-hydrogen) atoms. The zero-order valence-electron chi connectivity index (χ0n) is 17.1. The lowest BCUT2D eigenvalue weighted by Crippen LogP contribution is -2.33. The number of amides is 1. The second kappa shape index (κ2) is 8.67. The van der Waals surface area contributed by atoms with Gasteiger partial charge in [-0.05, 0) is 61.1 Å². The van der Waals surface area contributed by atoms with E-state index in [-0.39, 0.29) is 18.0 Å². The highest BCUT2D eigenvalue weighted by Gasteiger charge is 2.40. The van der Waals surface area contributed by atoms with Crippen LogP contribution in [0.3, 0.4) is 0 Å². The van der Waals surface area contributed by atoms with Gasteiger partial charge in [0.1, 0.15) is 0 Å². The van der Waals surface area contributed by atoms with Crippen LogP contribution in [0.2, 0.25) is 0 Å². The third-order valence-electron chi connectivity index (χ3n) is 5.37. The zero-order valence-corrected chi connectivity index (χ0v) is 17.9. The number of nitrogens with zero attached hydrogens (tertiary/aromatic N) is 3. The molecule has 1 saturated heterocycles. The summed E-state index contributed by atoms with van der Waals surface area (Å²) in [5.74, 6) is -0.0321. The van der Waals surface area contributed by atoms with Crippen LogP contribution in [0.5, 0.6) is 0 Å². The Kier molecular flexibility index (Phi) is 5.81. The van der Waals surface area contributed by atoms with Gasteiger partial charge in [-0.25, -0.2) is 0 Å². The first kappa shape index (κ1) is 20.1. The molecule has 0 spiro atoms. The average Bonchev–Trinajstić information content (AvgIpc) is 3.29. The van der Waals surface area contributed by atoms with E-state index in [0.29, 0.717) is 18.1 Å². The monoisotopic (exact) mass is 419 g/mol. The van der Waals surface area contributed by atoms with Gasteiger partial charge >= 0.3 is 0 Å². The third kappa shape index (κ3) is 4.21.